The van der Waals surface area contributed by atoms with Crippen LogP contribution < -0.4 is 14.8 Å². The van der Waals surface area contributed by atoms with Crippen LogP contribution in [-0.2, 0) is 9.53 Å². The van der Waals surface area contributed by atoms with Crippen LogP contribution in [0.5, 0.6) is 11.5 Å². The van der Waals surface area contributed by atoms with Gasteiger partial charge in [-0.3, -0.25) is 9.59 Å². The molecule has 1 aromatic carbocycles. The van der Waals surface area contributed by atoms with Crippen LogP contribution >= 0.6 is 11.8 Å². The van der Waals surface area contributed by atoms with Crippen molar-refractivity contribution in [3.63, 3.8) is 0 Å². The molecule has 2 aliphatic heterocycles. The Morgan fingerprint density at radius 1 is 1.32 bits per heavy atom. The minimum atomic E-state index is -0.479. The van der Waals surface area contributed by atoms with E-state index >= 15 is 0 Å². The molecule has 0 aromatic heterocycles. The van der Waals surface area contributed by atoms with E-state index in [2.05, 4.69) is 5.32 Å². The van der Waals surface area contributed by atoms with Gasteiger partial charge in [-0.2, -0.15) is 0 Å². The molecule has 1 saturated heterocycles. The normalized spacial score (nSPS) is 21.1. The number of benzene rings is 1. The molecule has 2 aliphatic rings. The molecule has 0 saturated carbocycles. The van der Waals surface area contributed by atoms with E-state index in [-0.39, 0.29) is 17.2 Å². The van der Waals surface area contributed by atoms with Gasteiger partial charge in [-0.15, -0.1) is 11.8 Å². The van der Waals surface area contributed by atoms with Gasteiger partial charge in [0.25, 0.3) is 5.91 Å². The van der Waals surface area contributed by atoms with Crippen LogP contribution in [0.2, 0.25) is 0 Å². The molecular weight excluding hydrogens is 344 g/mol. The van der Waals surface area contributed by atoms with Gasteiger partial charge in [-0.1, -0.05) is 6.07 Å². The lowest BCUT2D eigenvalue weighted by molar-refractivity contribution is -0.124. The van der Waals surface area contributed by atoms with Crippen molar-refractivity contribution in [3.05, 3.63) is 23.3 Å². The number of fused-ring (bicyclic) bond motifs is 3. The Morgan fingerprint density at radius 2 is 2.12 bits per heavy atom. The standard InChI is InChI=1S/C17H22N2O5S/c1-22-8-4-7-18-15(20)11-9-25-17-10-5-6-12(23-2)14(24-3)13(10)16(21)19(11)17/h5-6,11,17H,4,7-9H2,1-3H3,(H,18,20)/t11-,17-/m0/s1. The lowest BCUT2D eigenvalue weighted by Gasteiger charge is -2.22. The predicted molar refractivity (Wildman–Crippen MR) is 94.2 cm³/mol. The first-order valence-electron chi connectivity index (χ1n) is 8.09. The first-order chi connectivity index (χ1) is 12.1. The van der Waals surface area contributed by atoms with Gasteiger partial charge < -0.3 is 24.4 Å². The van der Waals surface area contributed by atoms with Crippen molar-refractivity contribution in [1.29, 1.82) is 0 Å². The minimum Gasteiger partial charge on any atom is -0.493 e. The fourth-order valence-corrected chi connectivity index (χ4v) is 4.70. The number of amides is 2. The largest absolute Gasteiger partial charge is 0.493 e. The van der Waals surface area contributed by atoms with Gasteiger partial charge in [0.2, 0.25) is 5.91 Å². The third-order valence-corrected chi connectivity index (χ3v) is 5.72. The van der Waals surface area contributed by atoms with Gasteiger partial charge >= 0.3 is 0 Å². The highest BCUT2D eigenvalue weighted by Gasteiger charge is 2.50. The molecule has 1 N–H and O–H groups in total. The van der Waals surface area contributed by atoms with Gasteiger partial charge in [0.05, 0.1) is 19.8 Å². The molecule has 0 unspecified atom stereocenters. The second-order valence-electron chi connectivity index (χ2n) is 5.82. The zero-order chi connectivity index (χ0) is 18.0. The summed E-state index contributed by atoms with van der Waals surface area (Å²) in [5.74, 6) is 1.22. The summed E-state index contributed by atoms with van der Waals surface area (Å²) < 4.78 is 15.7. The van der Waals surface area contributed by atoms with E-state index < -0.39 is 6.04 Å². The summed E-state index contributed by atoms with van der Waals surface area (Å²) in [7, 11) is 4.68. The summed E-state index contributed by atoms with van der Waals surface area (Å²) in [5.41, 5.74) is 1.37. The third-order valence-electron chi connectivity index (χ3n) is 4.42. The summed E-state index contributed by atoms with van der Waals surface area (Å²) in [4.78, 5) is 27.2. The molecule has 136 valence electrons. The molecule has 2 atom stereocenters. The Hall–Kier alpha value is -1.93. The second-order valence-corrected chi connectivity index (χ2v) is 6.93. The molecule has 25 heavy (non-hydrogen) atoms. The second kappa shape index (κ2) is 7.53. The molecule has 8 heteroatoms. The lowest BCUT2D eigenvalue weighted by atomic mass is 10.1. The van der Waals surface area contributed by atoms with Crippen LogP contribution in [0.4, 0.5) is 0 Å². The number of rotatable bonds is 7. The van der Waals surface area contributed by atoms with Crippen molar-refractivity contribution in [2.24, 2.45) is 0 Å². The van der Waals surface area contributed by atoms with E-state index in [4.69, 9.17) is 14.2 Å². The van der Waals surface area contributed by atoms with Crippen LogP contribution in [0.25, 0.3) is 0 Å². The molecule has 0 spiro atoms. The number of hydrogen-bond acceptors (Lipinski definition) is 6. The topological polar surface area (TPSA) is 77.1 Å². The Kier molecular flexibility index (Phi) is 5.39. The van der Waals surface area contributed by atoms with E-state index in [9.17, 15) is 9.59 Å². The van der Waals surface area contributed by atoms with Gasteiger partial charge in [0.15, 0.2) is 11.5 Å². The summed E-state index contributed by atoms with van der Waals surface area (Å²) in [6, 6.07) is 3.20. The number of carbonyl (C=O) groups excluding carboxylic acids is 2. The number of nitrogens with one attached hydrogen (secondary N) is 1. The zero-order valence-corrected chi connectivity index (χ0v) is 15.4. The SMILES string of the molecule is COCCCNC(=O)[C@@H]1CS[C@H]2c3ccc(OC)c(OC)c3C(=O)N12. The molecule has 7 nitrogen and oxygen atoms in total. The highest BCUT2D eigenvalue weighted by atomic mass is 32.2. The van der Waals surface area contributed by atoms with Crippen molar-refractivity contribution in [2.75, 3.05) is 40.2 Å². The summed E-state index contributed by atoms with van der Waals surface area (Å²) >= 11 is 1.60. The predicted octanol–water partition coefficient (Wildman–Crippen LogP) is 1.43. The van der Waals surface area contributed by atoms with E-state index in [0.717, 1.165) is 12.0 Å². The molecule has 3 rings (SSSR count). The van der Waals surface area contributed by atoms with Crippen LogP contribution in [0.15, 0.2) is 12.1 Å². The molecule has 2 heterocycles. The Morgan fingerprint density at radius 3 is 2.80 bits per heavy atom. The average Bonchev–Trinajstić information content (AvgIpc) is 3.18. The fraction of sp³-hybridized carbons (Fsp3) is 0.529. The number of carbonyl (C=O) groups is 2. The lowest BCUT2D eigenvalue weighted by Crippen LogP contribution is -2.46. The Balaban J connectivity index is 1.81. The minimum absolute atomic E-state index is 0.127. The van der Waals surface area contributed by atoms with Gasteiger partial charge in [-0.05, 0) is 12.5 Å². The van der Waals surface area contributed by atoms with Crippen LogP contribution in [0.1, 0.15) is 27.7 Å². The molecule has 2 amide bonds. The van der Waals surface area contributed by atoms with Crippen LogP contribution in [0, 0.1) is 0 Å². The maximum Gasteiger partial charge on any atom is 0.260 e. The highest BCUT2D eigenvalue weighted by molar-refractivity contribution is 7.99. The zero-order valence-electron chi connectivity index (χ0n) is 14.5. The van der Waals surface area contributed by atoms with Crippen LogP contribution in [-0.4, -0.2) is 63.0 Å². The number of hydrogen-bond donors (Lipinski definition) is 1. The monoisotopic (exact) mass is 366 g/mol. The van der Waals surface area contributed by atoms with Gasteiger partial charge in [0.1, 0.15) is 11.4 Å². The smallest absolute Gasteiger partial charge is 0.260 e. The molecule has 1 aromatic rings. The Labute approximate surface area is 151 Å². The number of nitrogens with zero attached hydrogens (tertiary/aromatic N) is 1. The molecule has 1 fully saturated rings. The van der Waals surface area contributed by atoms with Gasteiger partial charge in [-0.25, -0.2) is 0 Å². The number of methoxy groups -OCH3 is 3. The Bertz CT molecular complexity index is 681. The van der Waals surface area contributed by atoms with E-state index in [1.807, 2.05) is 6.07 Å². The summed E-state index contributed by atoms with van der Waals surface area (Å²) in [5, 5.41) is 2.73. The summed E-state index contributed by atoms with van der Waals surface area (Å²) in [6.45, 7) is 1.12. The first-order valence-corrected chi connectivity index (χ1v) is 9.14. The van der Waals surface area contributed by atoms with Crippen molar-refractivity contribution >= 4 is 23.6 Å². The van der Waals surface area contributed by atoms with E-state index in [1.54, 1.807) is 29.8 Å². The van der Waals surface area contributed by atoms with Crippen molar-refractivity contribution in [3.8, 4) is 11.5 Å². The van der Waals surface area contributed by atoms with Crippen molar-refractivity contribution < 1.29 is 23.8 Å². The maximum absolute atomic E-state index is 13.0. The number of ether oxygens (including phenoxy) is 3. The third kappa shape index (κ3) is 3.04. The fourth-order valence-electron chi connectivity index (χ4n) is 3.24. The van der Waals surface area contributed by atoms with Gasteiger partial charge in [0, 0.05) is 31.6 Å². The molecular formula is C17H22N2O5S. The number of thioether (sulfide) groups is 1. The van der Waals surface area contributed by atoms with E-state index in [0.29, 0.717) is 36.0 Å². The quantitative estimate of drug-likeness (QED) is 0.736. The molecule has 0 bridgehead atoms. The van der Waals surface area contributed by atoms with Crippen molar-refractivity contribution in [2.45, 2.75) is 17.8 Å². The van der Waals surface area contributed by atoms with Crippen LogP contribution in [0.3, 0.4) is 0 Å². The maximum atomic E-state index is 13.0. The van der Waals surface area contributed by atoms with Crippen molar-refractivity contribution in [1.82, 2.24) is 10.2 Å². The molecule has 0 aliphatic carbocycles. The molecule has 0 radical (unpaired) electrons. The highest BCUT2D eigenvalue weighted by Crippen LogP contribution is 2.52. The first kappa shape index (κ1) is 17.9. The van der Waals surface area contributed by atoms with E-state index in [1.165, 1.54) is 14.2 Å². The summed E-state index contributed by atoms with van der Waals surface area (Å²) in [6.07, 6.45) is 0.741. The average molecular weight is 366 g/mol.